The van der Waals surface area contributed by atoms with E-state index in [1.54, 1.807) is 10.9 Å². The highest BCUT2D eigenvalue weighted by molar-refractivity contribution is 6.34. The highest BCUT2D eigenvalue weighted by Crippen LogP contribution is 2.54. The van der Waals surface area contributed by atoms with Gasteiger partial charge in [0.05, 0.1) is 36.9 Å². The summed E-state index contributed by atoms with van der Waals surface area (Å²) < 4.78 is 15.3. The van der Waals surface area contributed by atoms with Gasteiger partial charge in [-0.15, -0.1) is 5.10 Å². The Kier molecular flexibility index (Phi) is 3.43. The zero-order valence-corrected chi connectivity index (χ0v) is 16.2. The van der Waals surface area contributed by atoms with Gasteiger partial charge in [-0.25, -0.2) is 9.67 Å². The zero-order valence-electron chi connectivity index (χ0n) is 15.5. The Labute approximate surface area is 166 Å². The van der Waals surface area contributed by atoms with E-state index in [1.165, 1.54) is 0 Å². The summed E-state index contributed by atoms with van der Waals surface area (Å²) in [4.78, 5) is 9.05. The van der Waals surface area contributed by atoms with Crippen LogP contribution < -0.4 is 10.1 Å². The number of ether oxygens (including phenoxy) is 2. The molecule has 1 N–H and O–H groups in total. The van der Waals surface area contributed by atoms with E-state index in [1.807, 2.05) is 0 Å². The summed E-state index contributed by atoms with van der Waals surface area (Å²) in [7, 11) is 0. The van der Waals surface area contributed by atoms with Gasteiger partial charge in [-0.05, 0) is 19.8 Å². The molecule has 28 heavy (non-hydrogen) atoms. The number of rotatable bonds is 1. The maximum absolute atomic E-state index is 6.22. The van der Waals surface area contributed by atoms with Crippen LogP contribution in [0.2, 0.25) is 5.15 Å². The number of anilines is 2. The lowest BCUT2D eigenvalue weighted by molar-refractivity contribution is -0.176. The Morgan fingerprint density at radius 3 is 2.93 bits per heavy atom. The number of aryl methyl sites for hydroxylation is 1. The van der Waals surface area contributed by atoms with E-state index in [-0.39, 0.29) is 0 Å². The van der Waals surface area contributed by atoms with Crippen LogP contribution >= 0.6 is 11.6 Å². The summed E-state index contributed by atoms with van der Waals surface area (Å²) in [5, 5.41) is 13.6. The monoisotopic (exact) mass is 401 g/mol. The predicted molar refractivity (Wildman–Crippen MR) is 102 cm³/mol. The minimum Gasteiger partial charge on any atom is -0.475 e. The molecule has 0 amide bonds. The molecule has 3 aromatic heterocycles. The van der Waals surface area contributed by atoms with Crippen molar-refractivity contribution in [3.05, 3.63) is 17.0 Å². The summed E-state index contributed by atoms with van der Waals surface area (Å²) in [5.74, 6) is 1.08. The van der Waals surface area contributed by atoms with Gasteiger partial charge in [-0.2, -0.15) is 10.1 Å². The average molecular weight is 402 g/mol. The van der Waals surface area contributed by atoms with Crippen LogP contribution in [0, 0.1) is 12.3 Å². The molecule has 0 atom stereocenters. The van der Waals surface area contributed by atoms with Crippen LogP contribution in [0.1, 0.15) is 31.0 Å². The number of nitrogens with zero attached hydrogens (tertiary/aromatic N) is 6. The van der Waals surface area contributed by atoms with E-state index >= 15 is 0 Å². The first-order chi connectivity index (χ1) is 13.6. The Morgan fingerprint density at radius 1 is 1.29 bits per heavy atom. The quantitative estimate of drug-likeness (QED) is 0.670. The van der Waals surface area contributed by atoms with Crippen molar-refractivity contribution >= 4 is 34.3 Å². The molecule has 0 radical (unpaired) electrons. The Balaban J connectivity index is 1.38. The molecule has 3 aliphatic rings. The first kappa shape index (κ1) is 16.6. The zero-order chi connectivity index (χ0) is 18.9. The Morgan fingerprint density at radius 2 is 2.14 bits per heavy atom. The highest BCUT2D eigenvalue weighted by atomic mass is 35.5. The van der Waals surface area contributed by atoms with E-state index in [0.29, 0.717) is 41.6 Å². The normalized spacial score (nSPS) is 20.8. The van der Waals surface area contributed by atoms with Gasteiger partial charge in [0.1, 0.15) is 5.69 Å². The Bertz CT molecular complexity index is 1080. The minimum atomic E-state index is 0.379. The van der Waals surface area contributed by atoms with Crippen molar-refractivity contribution in [1.29, 1.82) is 0 Å². The van der Waals surface area contributed by atoms with Crippen LogP contribution in [0.3, 0.4) is 0 Å². The second kappa shape index (κ2) is 5.81. The fourth-order valence-corrected chi connectivity index (χ4v) is 4.69. The van der Waals surface area contributed by atoms with E-state index in [0.717, 1.165) is 54.9 Å². The Hall–Kier alpha value is -2.39. The molecule has 1 saturated carbocycles. The first-order valence-corrected chi connectivity index (χ1v) is 9.95. The molecule has 1 aliphatic carbocycles. The molecule has 0 aromatic carbocycles. The summed E-state index contributed by atoms with van der Waals surface area (Å²) in [5.41, 5.74) is 2.96. The van der Waals surface area contributed by atoms with Crippen molar-refractivity contribution in [1.82, 2.24) is 29.5 Å². The molecule has 2 bridgehead atoms. The second-order valence-electron chi connectivity index (χ2n) is 8.04. The molecule has 1 saturated heterocycles. The van der Waals surface area contributed by atoms with Gasteiger partial charge in [0.2, 0.25) is 5.95 Å². The lowest BCUT2D eigenvalue weighted by Gasteiger charge is -2.53. The summed E-state index contributed by atoms with van der Waals surface area (Å²) in [6, 6.07) is 0.387. The fourth-order valence-electron chi connectivity index (χ4n) is 4.47. The molecule has 6 rings (SSSR count). The van der Waals surface area contributed by atoms with E-state index in [2.05, 4.69) is 32.0 Å². The van der Waals surface area contributed by atoms with Crippen molar-refractivity contribution in [2.75, 3.05) is 25.1 Å². The lowest BCUT2D eigenvalue weighted by atomic mass is 9.64. The molecule has 9 nitrogen and oxygen atoms in total. The van der Waals surface area contributed by atoms with E-state index in [4.69, 9.17) is 26.2 Å². The van der Waals surface area contributed by atoms with Crippen molar-refractivity contribution in [2.24, 2.45) is 5.41 Å². The van der Waals surface area contributed by atoms with Crippen molar-refractivity contribution in [2.45, 2.75) is 38.8 Å². The van der Waals surface area contributed by atoms with Crippen molar-refractivity contribution in [3.8, 4) is 5.88 Å². The topological polar surface area (TPSA) is 91.9 Å². The number of hydrogen-bond donors (Lipinski definition) is 1. The maximum Gasteiger partial charge on any atom is 0.257 e. The fraction of sp³-hybridized carbons (Fsp3) is 0.556. The summed E-state index contributed by atoms with van der Waals surface area (Å²) in [6.07, 6.45) is 4.70. The van der Waals surface area contributed by atoms with Crippen molar-refractivity contribution in [3.63, 3.8) is 0 Å². The van der Waals surface area contributed by atoms with Gasteiger partial charge in [-0.1, -0.05) is 11.6 Å². The molecular weight excluding hydrogens is 382 g/mol. The standard InChI is InChI=1S/C18H20ClN7O2/c1-10-13-16(24-26(10)11-5-18(6-11)8-27-9-18)28-4-2-3-25-15-12(14(19)23-25)7-20-17(21-13)22-15/h7,11H,2-6,8-9H2,1H3,(H,20,21,22). The van der Waals surface area contributed by atoms with Crippen LogP contribution in [0.4, 0.5) is 11.6 Å². The third-order valence-electron chi connectivity index (χ3n) is 6.05. The predicted octanol–water partition coefficient (Wildman–Crippen LogP) is 2.86. The highest BCUT2D eigenvalue weighted by Gasteiger charge is 2.51. The largest absolute Gasteiger partial charge is 0.475 e. The molecule has 1 spiro atoms. The molecule has 0 unspecified atom stereocenters. The molecular formula is C18H20ClN7O2. The molecule has 146 valence electrons. The molecule has 10 heteroatoms. The van der Waals surface area contributed by atoms with Crippen LogP contribution in [0.15, 0.2) is 6.20 Å². The second-order valence-corrected chi connectivity index (χ2v) is 8.39. The summed E-state index contributed by atoms with van der Waals surface area (Å²) in [6.45, 7) is 5.02. The lowest BCUT2D eigenvalue weighted by Crippen LogP contribution is -2.52. The third-order valence-corrected chi connectivity index (χ3v) is 6.33. The number of aromatic nitrogens is 6. The number of halogens is 1. The molecule has 2 fully saturated rings. The van der Waals surface area contributed by atoms with E-state index < -0.39 is 0 Å². The third kappa shape index (κ3) is 2.35. The molecule has 2 aliphatic heterocycles. The van der Waals surface area contributed by atoms with Crippen LogP contribution in [-0.4, -0.2) is 49.3 Å². The van der Waals surface area contributed by atoms with Gasteiger partial charge in [-0.3, -0.25) is 4.68 Å². The average Bonchev–Trinajstić information content (AvgIpc) is 3.07. The van der Waals surface area contributed by atoms with Crippen LogP contribution in [0.5, 0.6) is 5.88 Å². The summed E-state index contributed by atoms with van der Waals surface area (Å²) >= 11 is 6.22. The molecule has 3 aromatic rings. The number of hydrogen-bond acceptors (Lipinski definition) is 7. The SMILES string of the molecule is Cc1c2c(nn1C1CC3(COC3)C1)OCCCn1nc(Cl)c3cnc(nc31)N2. The van der Waals surface area contributed by atoms with E-state index in [9.17, 15) is 0 Å². The first-order valence-electron chi connectivity index (χ1n) is 9.58. The van der Waals surface area contributed by atoms with Crippen molar-refractivity contribution < 1.29 is 9.47 Å². The maximum atomic E-state index is 6.22. The van der Waals surface area contributed by atoms with Gasteiger partial charge < -0.3 is 14.8 Å². The van der Waals surface area contributed by atoms with Gasteiger partial charge in [0, 0.05) is 24.6 Å². The smallest absolute Gasteiger partial charge is 0.257 e. The van der Waals surface area contributed by atoms with Gasteiger partial charge >= 0.3 is 0 Å². The van der Waals surface area contributed by atoms with Crippen LogP contribution in [-0.2, 0) is 11.3 Å². The minimum absolute atomic E-state index is 0.379. The number of fused-ring (bicyclic) bond motifs is 2. The molecule has 5 heterocycles. The van der Waals surface area contributed by atoms with Gasteiger partial charge in [0.15, 0.2) is 10.8 Å². The van der Waals surface area contributed by atoms with Gasteiger partial charge in [0.25, 0.3) is 5.88 Å². The van der Waals surface area contributed by atoms with Crippen LogP contribution in [0.25, 0.3) is 11.0 Å². The number of nitrogens with one attached hydrogen (secondary N) is 1.